The van der Waals surface area contributed by atoms with Crippen molar-refractivity contribution in [2.75, 3.05) is 19.6 Å². The molecule has 1 saturated heterocycles. The van der Waals surface area contributed by atoms with E-state index in [0.717, 1.165) is 25.9 Å². The Balaban J connectivity index is 2.55. The minimum Gasteiger partial charge on any atom is -0.465 e. The van der Waals surface area contributed by atoms with Gasteiger partial charge in [0, 0.05) is 19.6 Å². The summed E-state index contributed by atoms with van der Waals surface area (Å²) in [6.07, 6.45) is 3.65. The van der Waals surface area contributed by atoms with Gasteiger partial charge in [-0.15, -0.1) is 0 Å². The third-order valence-electron chi connectivity index (χ3n) is 3.22. The molecule has 4 heteroatoms. The largest absolute Gasteiger partial charge is 0.465 e. The molecule has 0 bridgehead atoms. The Hall–Kier alpha value is -0.770. The van der Waals surface area contributed by atoms with Gasteiger partial charge in [0.1, 0.15) is 0 Å². The van der Waals surface area contributed by atoms with Crippen LogP contribution in [0.4, 0.5) is 4.79 Å². The summed E-state index contributed by atoms with van der Waals surface area (Å²) in [5.41, 5.74) is -0.209. The molecule has 0 aromatic heterocycles. The summed E-state index contributed by atoms with van der Waals surface area (Å²) in [5, 5.41) is 12.4. The molecule has 0 radical (unpaired) electrons. The molecule has 15 heavy (non-hydrogen) atoms. The van der Waals surface area contributed by atoms with E-state index in [9.17, 15) is 4.79 Å². The smallest absolute Gasteiger partial charge is 0.407 e. The highest BCUT2D eigenvalue weighted by molar-refractivity contribution is 5.66. The molecule has 88 valence electrons. The molecule has 4 nitrogen and oxygen atoms in total. The van der Waals surface area contributed by atoms with Crippen LogP contribution in [-0.2, 0) is 0 Å². The lowest BCUT2D eigenvalue weighted by Gasteiger charge is -2.43. The molecule has 1 amide bonds. The van der Waals surface area contributed by atoms with Crippen LogP contribution in [0.25, 0.3) is 0 Å². The first-order valence-corrected chi connectivity index (χ1v) is 5.81. The molecule has 0 aliphatic carbocycles. The lowest BCUT2D eigenvalue weighted by molar-refractivity contribution is 0.0601. The van der Waals surface area contributed by atoms with E-state index < -0.39 is 6.09 Å². The second kappa shape index (κ2) is 5.35. The SMILES string of the molecule is CCCCCC1(C)CNCCN1C(=O)O. The van der Waals surface area contributed by atoms with Crippen molar-refractivity contribution in [1.29, 1.82) is 0 Å². The van der Waals surface area contributed by atoms with E-state index in [-0.39, 0.29) is 5.54 Å². The summed E-state index contributed by atoms with van der Waals surface area (Å²) in [5.74, 6) is 0. The Morgan fingerprint density at radius 1 is 1.53 bits per heavy atom. The second-order valence-electron chi connectivity index (χ2n) is 4.57. The van der Waals surface area contributed by atoms with Gasteiger partial charge in [0.25, 0.3) is 0 Å². The summed E-state index contributed by atoms with van der Waals surface area (Å²) < 4.78 is 0. The predicted octanol–water partition coefficient (Wildman–Crippen LogP) is 1.91. The van der Waals surface area contributed by atoms with Crippen molar-refractivity contribution in [3.05, 3.63) is 0 Å². The second-order valence-corrected chi connectivity index (χ2v) is 4.57. The zero-order valence-corrected chi connectivity index (χ0v) is 9.75. The molecule has 0 saturated carbocycles. The third kappa shape index (κ3) is 3.09. The summed E-state index contributed by atoms with van der Waals surface area (Å²) in [6.45, 7) is 6.37. The van der Waals surface area contributed by atoms with E-state index in [0.29, 0.717) is 6.54 Å². The van der Waals surface area contributed by atoms with Gasteiger partial charge in [0.15, 0.2) is 0 Å². The quantitative estimate of drug-likeness (QED) is 0.703. The molecule has 0 aromatic carbocycles. The maximum atomic E-state index is 11.1. The van der Waals surface area contributed by atoms with E-state index in [2.05, 4.69) is 12.2 Å². The van der Waals surface area contributed by atoms with Crippen molar-refractivity contribution in [2.45, 2.75) is 45.1 Å². The molecule has 1 fully saturated rings. The Kier molecular flexibility index (Phi) is 4.39. The van der Waals surface area contributed by atoms with Crippen molar-refractivity contribution in [3.8, 4) is 0 Å². The number of carboxylic acid groups (broad SMARTS) is 1. The standard InChI is InChI=1S/C11H22N2O2/c1-3-4-5-6-11(2)9-12-7-8-13(11)10(14)15/h12H,3-9H2,1-2H3,(H,14,15). The van der Waals surface area contributed by atoms with Crippen LogP contribution in [0.15, 0.2) is 0 Å². The van der Waals surface area contributed by atoms with Crippen molar-refractivity contribution in [2.24, 2.45) is 0 Å². The maximum absolute atomic E-state index is 11.1. The molecular weight excluding hydrogens is 192 g/mol. The predicted molar refractivity (Wildman–Crippen MR) is 60.1 cm³/mol. The Labute approximate surface area is 91.6 Å². The van der Waals surface area contributed by atoms with Gasteiger partial charge in [-0.2, -0.15) is 0 Å². The molecule has 1 rings (SSSR count). The van der Waals surface area contributed by atoms with E-state index in [4.69, 9.17) is 5.11 Å². The van der Waals surface area contributed by atoms with Gasteiger partial charge in [-0.1, -0.05) is 26.2 Å². The first-order valence-electron chi connectivity index (χ1n) is 5.81. The summed E-state index contributed by atoms with van der Waals surface area (Å²) >= 11 is 0. The number of piperazine rings is 1. The molecule has 1 aliphatic rings. The van der Waals surface area contributed by atoms with Crippen LogP contribution < -0.4 is 5.32 Å². The van der Waals surface area contributed by atoms with Crippen molar-refractivity contribution in [1.82, 2.24) is 10.2 Å². The number of hydrogen-bond acceptors (Lipinski definition) is 2. The summed E-state index contributed by atoms with van der Waals surface area (Å²) in [7, 11) is 0. The van der Waals surface area contributed by atoms with Crippen LogP contribution in [-0.4, -0.2) is 41.3 Å². The summed E-state index contributed by atoms with van der Waals surface area (Å²) in [6, 6.07) is 0. The van der Waals surface area contributed by atoms with Gasteiger partial charge >= 0.3 is 6.09 Å². The van der Waals surface area contributed by atoms with Gasteiger partial charge < -0.3 is 15.3 Å². The fraction of sp³-hybridized carbons (Fsp3) is 0.909. The highest BCUT2D eigenvalue weighted by atomic mass is 16.4. The number of hydrogen-bond donors (Lipinski definition) is 2. The van der Waals surface area contributed by atoms with Crippen molar-refractivity contribution >= 4 is 6.09 Å². The van der Waals surface area contributed by atoms with Crippen LogP contribution in [0.3, 0.4) is 0 Å². The number of unbranched alkanes of at least 4 members (excludes halogenated alkanes) is 2. The third-order valence-corrected chi connectivity index (χ3v) is 3.22. The zero-order valence-electron chi connectivity index (χ0n) is 9.75. The van der Waals surface area contributed by atoms with Crippen LogP contribution in [0.1, 0.15) is 39.5 Å². The monoisotopic (exact) mass is 214 g/mol. The molecule has 0 spiro atoms. The molecular formula is C11H22N2O2. The Bertz CT molecular complexity index is 221. The zero-order chi connectivity index (χ0) is 11.3. The highest BCUT2D eigenvalue weighted by Crippen LogP contribution is 2.24. The first-order chi connectivity index (χ1) is 7.10. The Morgan fingerprint density at radius 2 is 2.27 bits per heavy atom. The number of nitrogens with one attached hydrogen (secondary N) is 1. The number of nitrogens with zero attached hydrogens (tertiary/aromatic N) is 1. The molecule has 1 unspecified atom stereocenters. The van der Waals surface area contributed by atoms with Crippen LogP contribution >= 0.6 is 0 Å². The summed E-state index contributed by atoms with van der Waals surface area (Å²) in [4.78, 5) is 12.7. The lowest BCUT2D eigenvalue weighted by atomic mass is 9.91. The van der Waals surface area contributed by atoms with E-state index in [1.165, 1.54) is 12.8 Å². The molecule has 2 N–H and O–H groups in total. The number of rotatable bonds is 4. The molecule has 1 atom stereocenters. The van der Waals surface area contributed by atoms with Gasteiger partial charge in [-0.25, -0.2) is 4.79 Å². The minimum absolute atomic E-state index is 0.209. The van der Waals surface area contributed by atoms with E-state index in [1.807, 2.05) is 6.92 Å². The van der Waals surface area contributed by atoms with Gasteiger partial charge in [-0.05, 0) is 13.3 Å². The van der Waals surface area contributed by atoms with Crippen LogP contribution in [0.2, 0.25) is 0 Å². The van der Waals surface area contributed by atoms with Gasteiger partial charge in [-0.3, -0.25) is 0 Å². The number of amides is 1. The van der Waals surface area contributed by atoms with Gasteiger partial charge in [0.05, 0.1) is 5.54 Å². The molecule has 1 heterocycles. The van der Waals surface area contributed by atoms with E-state index in [1.54, 1.807) is 4.90 Å². The van der Waals surface area contributed by atoms with Gasteiger partial charge in [0.2, 0.25) is 0 Å². The number of carbonyl (C=O) groups is 1. The average Bonchev–Trinajstić information content (AvgIpc) is 2.18. The fourth-order valence-corrected chi connectivity index (χ4v) is 2.22. The minimum atomic E-state index is -0.782. The first kappa shape index (κ1) is 12.3. The normalized spacial score (nSPS) is 26.7. The van der Waals surface area contributed by atoms with Crippen molar-refractivity contribution in [3.63, 3.8) is 0 Å². The fourth-order valence-electron chi connectivity index (χ4n) is 2.22. The van der Waals surface area contributed by atoms with E-state index >= 15 is 0 Å². The van der Waals surface area contributed by atoms with Crippen molar-refractivity contribution < 1.29 is 9.90 Å². The van der Waals surface area contributed by atoms with Crippen LogP contribution in [0, 0.1) is 0 Å². The molecule has 0 aromatic rings. The molecule has 1 aliphatic heterocycles. The topological polar surface area (TPSA) is 52.6 Å². The Morgan fingerprint density at radius 3 is 2.87 bits per heavy atom. The van der Waals surface area contributed by atoms with Crippen LogP contribution in [0.5, 0.6) is 0 Å². The highest BCUT2D eigenvalue weighted by Gasteiger charge is 2.36. The lowest BCUT2D eigenvalue weighted by Crippen LogP contribution is -2.61. The average molecular weight is 214 g/mol. The maximum Gasteiger partial charge on any atom is 0.407 e.